The molecule has 0 aliphatic rings. The van der Waals surface area contributed by atoms with Crippen LogP contribution in [0.2, 0.25) is 0 Å². The van der Waals surface area contributed by atoms with Crippen LogP contribution in [0.15, 0.2) is 22.8 Å². The van der Waals surface area contributed by atoms with Crippen LogP contribution in [0, 0.1) is 11.8 Å². The fraction of sp³-hybridized carbons (Fsp3) is 0.643. The first-order chi connectivity index (χ1) is 8.11. The van der Waals surface area contributed by atoms with E-state index < -0.39 is 0 Å². The fourth-order valence-corrected chi connectivity index (χ4v) is 1.99. The van der Waals surface area contributed by atoms with Crippen molar-refractivity contribution in [1.29, 1.82) is 0 Å². The van der Waals surface area contributed by atoms with Gasteiger partial charge in [0.25, 0.3) is 0 Å². The molecule has 1 aromatic heterocycles. The Labute approximate surface area is 113 Å². The summed E-state index contributed by atoms with van der Waals surface area (Å²) in [5, 5.41) is 3.53. The molecule has 0 radical (unpaired) electrons. The predicted octanol–water partition coefficient (Wildman–Crippen LogP) is 3.66. The summed E-state index contributed by atoms with van der Waals surface area (Å²) in [6.07, 6.45) is 4.14. The average molecular weight is 299 g/mol. The largest absolute Gasteiger partial charge is 0.316 e. The van der Waals surface area contributed by atoms with Crippen molar-refractivity contribution in [2.45, 2.75) is 33.6 Å². The molecular formula is C14H23BrN2. The fourth-order valence-electron chi connectivity index (χ4n) is 1.76. The Hall–Kier alpha value is -0.410. The molecule has 0 bridgehead atoms. The maximum atomic E-state index is 4.43. The molecule has 1 atom stereocenters. The van der Waals surface area contributed by atoms with E-state index in [9.17, 15) is 0 Å². The van der Waals surface area contributed by atoms with Crippen LogP contribution >= 0.6 is 15.9 Å². The van der Waals surface area contributed by atoms with Crippen LogP contribution in [0.5, 0.6) is 0 Å². The Balaban J connectivity index is 2.38. The van der Waals surface area contributed by atoms with Crippen molar-refractivity contribution in [3.05, 3.63) is 28.5 Å². The Morgan fingerprint density at radius 3 is 2.59 bits per heavy atom. The molecule has 0 aromatic carbocycles. The molecule has 0 saturated carbocycles. The van der Waals surface area contributed by atoms with E-state index in [1.54, 1.807) is 0 Å². The van der Waals surface area contributed by atoms with Crippen LogP contribution in [0.4, 0.5) is 0 Å². The minimum Gasteiger partial charge on any atom is -0.316 e. The van der Waals surface area contributed by atoms with Crippen molar-refractivity contribution in [3.8, 4) is 0 Å². The summed E-state index contributed by atoms with van der Waals surface area (Å²) in [5.41, 5.74) is 1.19. The summed E-state index contributed by atoms with van der Waals surface area (Å²) >= 11 is 3.41. The highest BCUT2D eigenvalue weighted by Crippen LogP contribution is 2.12. The van der Waals surface area contributed by atoms with Gasteiger partial charge in [-0.05, 0) is 59.4 Å². The van der Waals surface area contributed by atoms with Gasteiger partial charge in [0.2, 0.25) is 0 Å². The minimum atomic E-state index is 0.683. The van der Waals surface area contributed by atoms with Gasteiger partial charge in [0.1, 0.15) is 0 Å². The Kier molecular flexibility index (Phi) is 6.75. The van der Waals surface area contributed by atoms with Crippen LogP contribution in [-0.4, -0.2) is 18.1 Å². The molecule has 1 rings (SSSR count). The summed E-state index contributed by atoms with van der Waals surface area (Å²) in [6, 6.07) is 4.17. The Morgan fingerprint density at radius 1 is 1.29 bits per heavy atom. The van der Waals surface area contributed by atoms with E-state index in [0.29, 0.717) is 5.92 Å². The number of halogens is 1. The number of hydrogen-bond acceptors (Lipinski definition) is 2. The molecule has 0 amide bonds. The number of nitrogens with zero attached hydrogens (tertiary/aromatic N) is 1. The van der Waals surface area contributed by atoms with Crippen molar-refractivity contribution >= 4 is 15.9 Å². The van der Waals surface area contributed by atoms with Crippen molar-refractivity contribution in [3.63, 3.8) is 0 Å². The summed E-state index contributed by atoms with van der Waals surface area (Å²) in [6.45, 7) is 8.92. The molecule has 17 heavy (non-hydrogen) atoms. The molecule has 1 N–H and O–H groups in total. The topological polar surface area (TPSA) is 24.9 Å². The van der Waals surface area contributed by atoms with E-state index in [1.165, 1.54) is 12.1 Å². The van der Waals surface area contributed by atoms with Gasteiger partial charge in [-0.1, -0.05) is 27.2 Å². The highest BCUT2D eigenvalue weighted by atomic mass is 79.9. The zero-order chi connectivity index (χ0) is 12.7. The minimum absolute atomic E-state index is 0.683. The van der Waals surface area contributed by atoms with E-state index in [1.807, 2.05) is 6.20 Å². The Morgan fingerprint density at radius 2 is 2.06 bits per heavy atom. The lowest BCUT2D eigenvalue weighted by Gasteiger charge is -2.16. The molecule has 3 heteroatoms. The van der Waals surface area contributed by atoms with Crippen LogP contribution in [0.25, 0.3) is 0 Å². The monoisotopic (exact) mass is 298 g/mol. The second kappa shape index (κ2) is 7.83. The van der Waals surface area contributed by atoms with Gasteiger partial charge in [-0.3, -0.25) is 4.98 Å². The first kappa shape index (κ1) is 14.7. The average Bonchev–Trinajstić information content (AvgIpc) is 2.30. The van der Waals surface area contributed by atoms with Gasteiger partial charge in [-0.2, -0.15) is 0 Å². The lowest BCUT2D eigenvalue weighted by atomic mass is 9.99. The number of aromatic nitrogens is 1. The molecule has 0 aliphatic heterocycles. The van der Waals surface area contributed by atoms with Gasteiger partial charge in [0.15, 0.2) is 0 Å². The third-order valence-corrected chi connectivity index (χ3v) is 3.32. The Bertz CT molecular complexity index is 309. The highest BCUT2D eigenvalue weighted by molar-refractivity contribution is 9.10. The summed E-state index contributed by atoms with van der Waals surface area (Å²) < 4.78 is 1.05. The summed E-state index contributed by atoms with van der Waals surface area (Å²) in [4.78, 5) is 4.43. The maximum Gasteiger partial charge on any atom is 0.0413 e. The number of nitrogens with one attached hydrogen (secondary N) is 1. The quantitative estimate of drug-likeness (QED) is 0.831. The van der Waals surface area contributed by atoms with Gasteiger partial charge in [0, 0.05) is 16.4 Å². The smallest absolute Gasteiger partial charge is 0.0413 e. The van der Waals surface area contributed by atoms with E-state index in [-0.39, 0.29) is 0 Å². The lowest BCUT2D eigenvalue weighted by molar-refractivity contribution is 0.434. The zero-order valence-corrected chi connectivity index (χ0v) is 12.6. The maximum absolute atomic E-state index is 4.43. The predicted molar refractivity (Wildman–Crippen MR) is 77.1 cm³/mol. The van der Waals surface area contributed by atoms with Gasteiger partial charge < -0.3 is 5.32 Å². The van der Waals surface area contributed by atoms with Gasteiger partial charge in [0.05, 0.1) is 0 Å². The van der Waals surface area contributed by atoms with Crippen LogP contribution in [0.1, 0.15) is 32.9 Å². The standard InChI is InChI=1S/C14H23BrN2/c1-4-12(9-16-8-11(2)3)7-14-6-5-13(15)10-17-14/h5-6,10-12,16H,4,7-9H2,1-3H3. The molecular weight excluding hydrogens is 276 g/mol. The van der Waals surface area contributed by atoms with Crippen LogP contribution in [-0.2, 0) is 6.42 Å². The summed E-state index contributed by atoms with van der Waals surface area (Å²) in [5.74, 6) is 1.40. The van der Waals surface area contributed by atoms with E-state index in [2.05, 4.69) is 59.1 Å². The van der Waals surface area contributed by atoms with Crippen molar-refractivity contribution in [2.75, 3.05) is 13.1 Å². The number of hydrogen-bond donors (Lipinski definition) is 1. The molecule has 2 nitrogen and oxygen atoms in total. The van der Waals surface area contributed by atoms with E-state index >= 15 is 0 Å². The second-order valence-corrected chi connectivity index (χ2v) is 5.91. The first-order valence-electron chi connectivity index (χ1n) is 6.43. The number of pyridine rings is 1. The van der Waals surface area contributed by atoms with E-state index in [0.717, 1.165) is 29.9 Å². The zero-order valence-electron chi connectivity index (χ0n) is 11.0. The molecule has 0 aliphatic carbocycles. The van der Waals surface area contributed by atoms with Crippen molar-refractivity contribution < 1.29 is 0 Å². The van der Waals surface area contributed by atoms with Crippen LogP contribution in [0.3, 0.4) is 0 Å². The highest BCUT2D eigenvalue weighted by Gasteiger charge is 2.08. The molecule has 1 heterocycles. The SMILES string of the molecule is CCC(CNCC(C)C)Cc1ccc(Br)cn1. The first-order valence-corrected chi connectivity index (χ1v) is 7.22. The third kappa shape index (κ3) is 6.18. The number of rotatable bonds is 7. The van der Waals surface area contributed by atoms with Crippen molar-refractivity contribution in [1.82, 2.24) is 10.3 Å². The second-order valence-electron chi connectivity index (χ2n) is 5.00. The van der Waals surface area contributed by atoms with E-state index in [4.69, 9.17) is 0 Å². The molecule has 1 unspecified atom stereocenters. The molecule has 0 spiro atoms. The summed E-state index contributed by atoms with van der Waals surface area (Å²) in [7, 11) is 0. The van der Waals surface area contributed by atoms with Crippen molar-refractivity contribution in [2.24, 2.45) is 11.8 Å². The van der Waals surface area contributed by atoms with Crippen LogP contribution < -0.4 is 5.32 Å². The third-order valence-electron chi connectivity index (χ3n) is 2.85. The molecule has 1 aromatic rings. The van der Waals surface area contributed by atoms with Gasteiger partial charge in [-0.25, -0.2) is 0 Å². The molecule has 96 valence electrons. The lowest BCUT2D eigenvalue weighted by Crippen LogP contribution is -2.27. The van der Waals surface area contributed by atoms with Gasteiger partial charge in [-0.15, -0.1) is 0 Å². The van der Waals surface area contributed by atoms with Gasteiger partial charge >= 0.3 is 0 Å². The molecule has 0 saturated heterocycles. The molecule has 0 fully saturated rings. The normalized spacial score (nSPS) is 13.0.